The summed E-state index contributed by atoms with van der Waals surface area (Å²) in [6.07, 6.45) is 31.7. The summed E-state index contributed by atoms with van der Waals surface area (Å²) in [5, 5.41) is 31.5. The van der Waals surface area contributed by atoms with Crippen LogP contribution in [0, 0.1) is 0 Å². The van der Waals surface area contributed by atoms with Gasteiger partial charge in [-0.05, 0) is 159 Å². The summed E-state index contributed by atoms with van der Waals surface area (Å²) in [6.45, 7) is 13.7. The minimum atomic E-state index is -0.171. The lowest BCUT2D eigenvalue weighted by Crippen LogP contribution is -2.30. The number of anilines is 5. The molecule has 90 heavy (non-hydrogen) atoms. The second-order valence-electron chi connectivity index (χ2n) is 24.5. The third kappa shape index (κ3) is 23.1. The van der Waals surface area contributed by atoms with Crippen LogP contribution in [0.25, 0.3) is 0 Å². The molecule has 2 atom stereocenters. The van der Waals surface area contributed by atoms with E-state index in [1.54, 1.807) is 6.21 Å². The largest absolute Gasteiger partial charge is 0.411 e. The predicted molar refractivity (Wildman–Crippen MR) is 372 cm³/mol. The van der Waals surface area contributed by atoms with Crippen molar-refractivity contribution in [3.05, 3.63) is 149 Å². The van der Waals surface area contributed by atoms with Crippen LogP contribution >= 0.6 is 11.8 Å². The van der Waals surface area contributed by atoms with E-state index in [1.165, 1.54) is 183 Å². The average Bonchev–Trinajstić information content (AvgIpc) is 2.93. The maximum absolute atomic E-state index is 11.0. The molecule has 7 heterocycles. The molecule has 484 valence electrons. The van der Waals surface area contributed by atoms with Crippen LogP contribution in [0.4, 0.5) is 28.4 Å². The highest BCUT2D eigenvalue weighted by molar-refractivity contribution is 6.18. The molecular weight excluding hydrogens is 1150 g/mol. The van der Waals surface area contributed by atoms with Crippen LogP contribution in [0.2, 0.25) is 0 Å². The Labute approximate surface area is 541 Å². The summed E-state index contributed by atoms with van der Waals surface area (Å²) in [6, 6.07) is 41.7. The molecule has 17 heteroatoms. The summed E-state index contributed by atoms with van der Waals surface area (Å²) in [5.41, 5.74) is 13.3. The molecule has 2 unspecified atom stereocenters. The Kier molecular flexibility index (Phi) is 29.6. The maximum Gasteiger partial charge on any atom is 0.217 e. The molecule has 1 amide bonds. The monoisotopic (exact) mass is 1250 g/mol. The number of nitrogens with zero attached hydrogens (tertiary/aromatic N) is 9. The van der Waals surface area contributed by atoms with E-state index in [0.717, 1.165) is 104 Å². The summed E-state index contributed by atoms with van der Waals surface area (Å²) in [7, 11) is 0. The number of hydrogen-bond donors (Lipinski definition) is 3. The van der Waals surface area contributed by atoms with Gasteiger partial charge in [-0.15, -0.1) is 0 Å². The number of aldehydes is 1. The maximum atomic E-state index is 11.0. The molecule has 12 rings (SSSR count). The third-order valence-corrected chi connectivity index (χ3v) is 17.8. The number of benzene rings is 5. The first-order chi connectivity index (χ1) is 44.3. The number of aliphatic hydroxyl groups is 1. The van der Waals surface area contributed by atoms with Crippen molar-refractivity contribution in [1.82, 2.24) is 5.32 Å². The molecule has 0 saturated carbocycles. The summed E-state index contributed by atoms with van der Waals surface area (Å²) < 4.78 is 3.50. The number of amides is 1. The van der Waals surface area contributed by atoms with Gasteiger partial charge in [0.15, 0.2) is 6.10 Å². The number of carbonyl (C=O) groups is 2. The minimum absolute atomic E-state index is 0.0266. The van der Waals surface area contributed by atoms with Crippen LogP contribution in [0.1, 0.15) is 181 Å². The summed E-state index contributed by atoms with van der Waals surface area (Å²) in [4.78, 5) is 44.3. The van der Waals surface area contributed by atoms with E-state index in [4.69, 9.17) is 31.8 Å². The Morgan fingerprint density at radius 2 is 0.756 bits per heavy atom. The normalized spacial score (nSPS) is 19.7. The van der Waals surface area contributed by atoms with Crippen LogP contribution in [0.3, 0.4) is 0 Å². The summed E-state index contributed by atoms with van der Waals surface area (Å²) in [5.74, 6) is -0.0381. The highest BCUT2D eigenvalue weighted by atomic mass is 35.5. The minimum Gasteiger partial charge on any atom is -0.411 e. The summed E-state index contributed by atoms with van der Waals surface area (Å²) >= 11 is 5.31. The molecule has 5 aromatic rings. The van der Waals surface area contributed by atoms with Gasteiger partial charge in [-0.25, -0.2) is 0 Å². The van der Waals surface area contributed by atoms with Crippen molar-refractivity contribution in [3.8, 4) is 0 Å². The van der Waals surface area contributed by atoms with Crippen molar-refractivity contribution < 1.29 is 29.6 Å². The third-order valence-electron chi connectivity index (χ3n) is 17.7. The molecule has 0 spiro atoms. The fourth-order valence-electron chi connectivity index (χ4n) is 12.5. The van der Waals surface area contributed by atoms with Gasteiger partial charge in [0.25, 0.3) is 0 Å². The molecule has 5 saturated heterocycles. The van der Waals surface area contributed by atoms with Crippen molar-refractivity contribution in [2.24, 2.45) is 20.0 Å². The zero-order valence-corrected chi connectivity index (χ0v) is 54.2. The first-order valence-corrected chi connectivity index (χ1v) is 34.0. The van der Waals surface area contributed by atoms with E-state index in [1.807, 2.05) is 24.3 Å². The zero-order valence-electron chi connectivity index (χ0n) is 53.4. The highest BCUT2D eigenvalue weighted by Crippen LogP contribution is 2.27. The van der Waals surface area contributed by atoms with Gasteiger partial charge in [0.2, 0.25) is 5.91 Å². The van der Waals surface area contributed by atoms with E-state index in [-0.39, 0.29) is 24.7 Å². The van der Waals surface area contributed by atoms with Crippen LogP contribution in [0.15, 0.2) is 141 Å². The number of carbonyl (C=O) groups excluding carboxylic acids is 2. The lowest BCUT2D eigenvalue weighted by molar-refractivity contribution is -0.119. The van der Waals surface area contributed by atoms with E-state index < -0.39 is 0 Å². The van der Waals surface area contributed by atoms with E-state index in [9.17, 15) is 9.59 Å². The van der Waals surface area contributed by atoms with E-state index in [2.05, 4.69) is 147 Å². The van der Waals surface area contributed by atoms with Crippen molar-refractivity contribution >= 4 is 76.3 Å². The number of nitrogens with one attached hydrogen (secondary N) is 1. The van der Waals surface area contributed by atoms with Gasteiger partial charge in [0, 0.05) is 137 Å². The van der Waals surface area contributed by atoms with Crippen molar-refractivity contribution in [2.45, 2.75) is 160 Å². The Bertz CT molecular complexity index is 2870. The van der Waals surface area contributed by atoms with Gasteiger partial charge in [-0.2, -0.15) is 4.51 Å². The van der Waals surface area contributed by atoms with Gasteiger partial charge in [0.1, 0.15) is 12.4 Å². The van der Waals surface area contributed by atoms with Crippen molar-refractivity contribution in [2.75, 3.05) is 103 Å². The first-order valence-electron chi connectivity index (χ1n) is 33.6. The molecule has 7 aliphatic rings. The Morgan fingerprint density at radius 3 is 1.03 bits per heavy atom. The number of aliphatic hydroxyl groups excluding tert-OH is 1. The molecule has 16 nitrogen and oxygen atoms in total. The molecule has 7 aliphatic heterocycles. The van der Waals surface area contributed by atoms with Gasteiger partial charge in [-0.1, -0.05) is 128 Å². The SMILES string of the molecule is CC(=O)NCC1CC(c2ccc(N3CCCCCC3)cc2)=NO1.ClN=Cc1ccc(N2CCCCCC2)cc1.O/N=C/c1ccc(N2CCCCCC2)cc1.O=Cc1ccc(N2CCCCCC2)cc1.OCC1CC(c2ccc(N3CCCCCC3)cc2)=NO1. The predicted octanol–water partition coefficient (Wildman–Crippen LogP) is 14.6. The van der Waals surface area contributed by atoms with Gasteiger partial charge >= 0.3 is 0 Å². The Morgan fingerprint density at radius 1 is 0.467 bits per heavy atom. The Hall–Kier alpha value is -7.43. The van der Waals surface area contributed by atoms with Crippen LogP contribution < -0.4 is 29.8 Å². The lowest BCUT2D eigenvalue weighted by atomic mass is 10.0. The topological polar surface area (TPSA) is 171 Å². The standard InChI is InChI=1S/C18H25N3O2.C16H22N2O2.C13H17ClN2.C13H18N2O.C13H17NO/c1-14(22)19-13-17-12-18(20-23-17)15-6-8-16(9-7-15)21-10-4-2-3-5-11-21;19-12-15-11-16(17-20-15)13-5-7-14(8-6-13)18-9-3-1-2-4-10-18;14-15-11-12-5-7-13(8-6-12)16-9-3-1-2-4-10-16;16-14-11-12-5-7-13(8-6-12)15-9-3-1-2-4-10-15;15-11-12-5-7-13(8-6-12)14-9-3-1-2-4-10-14/h6-9,17H,2-5,10-13H2,1H3,(H,19,22);5-8,15,19H,1-4,9-12H2;5-8,11H,1-4,9-10H2;5-8,11,16H,1-4,9-10H2;5-8,11H,1-4,9-10H2/b;;;14-11+;. The molecule has 0 bridgehead atoms. The molecule has 3 N–H and O–H groups in total. The number of rotatable bonds is 13. The van der Waals surface area contributed by atoms with E-state index >= 15 is 0 Å². The van der Waals surface area contributed by atoms with Crippen molar-refractivity contribution in [3.63, 3.8) is 0 Å². The van der Waals surface area contributed by atoms with Gasteiger partial charge in [0.05, 0.1) is 30.8 Å². The number of oxime groups is 3. The molecule has 0 radical (unpaired) electrons. The second kappa shape index (κ2) is 39.0. The van der Waals surface area contributed by atoms with Crippen LogP contribution in [-0.2, 0) is 14.5 Å². The fourth-order valence-corrected chi connectivity index (χ4v) is 12.6. The zero-order chi connectivity index (χ0) is 62.8. The average molecular weight is 1250 g/mol. The quantitative estimate of drug-likeness (QED) is 0.0444. The van der Waals surface area contributed by atoms with Gasteiger partial charge in [-0.3, -0.25) is 9.59 Å². The highest BCUT2D eigenvalue weighted by Gasteiger charge is 2.24. The van der Waals surface area contributed by atoms with Crippen molar-refractivity contribution in [1.29, 1.82) is 0 Å². The molecule has 5 fully saturated rings. The van der Waals surface area contributed by atoms with Gasteiger partial charge < -0.3 is 49.8 Å². The van der Waals surface area contributed by atoms with Crippen LogP contribution in [0.5, 0.6) is 0 Å². The Balaban J connectivity index is 0.000000147. The lowest BCUT2D eigenvalue weighted by Gasteiger charge is -2.22. The van der Waals surface area contributed by atoms with Crippen LogP contribution in [-0.4, -0.2) is 137 Å². The molecule has 5 aromatic carbocycles. The van der Waals surface area contributed by atoms with E-state index in [0.29, 0.717) is 13.0 Å². The first kappa shape index (κ1) is 68.5. The fraction of sp³-hybridized carbons (Fsp3) is 0.507. The number of halogens is 1. The molecule has 0 aliphatic carbocycles. The number of hydrogen-bond acceptors (Lipinski definition) is 15. The molecular formula is C73H99ClN10O6. The second-order valence-corrected chi connectivity index (χ2v) is 24.7. The molecule has 0 aromatic heterocycles. The smallest absolute Gasteiger partial charge is 0.217 e.